The maximum atomic E-state index is 12.7. The number of nitrogens with zero attached hydrogens (tertiary/aromatic N) is 2. The van der Waals surface area contributed by atoms with Crippen LogP contribution in [0.3, 0.4) is 0 Å². The third-order valence-electron chi connectivity index (χ3n) is 4.80. The van der Waals surface area contributed by atoms with Crippen molar-refractivity contribution in [2.45, 2.75) is 52.5 Å². The molecule has 0 spiro atoms. The lowest BCUT2D eigenvalue weighted by Gasteiger charge is -2.40. The van der Waals surface area contributed by atoms with Crippen LogP contribution in [0.4, 0.5) is 4.79 Å². The normalized spacial score (nSPS) is 30.9. The Hall–Kier alpha value is -1.26. The summed E-state index contributed by atoms with van der Waals surface area (Å²) >= 11 is 0. The summed E-state index contributed by atoms with van der Waals surface area (Å²) in [6.07, 6.45) is 3.54. The number of hydrogen-bond acceptors (Lipinski definition) is 2. The average Bonchev–Trinajstić information content (AvgIpc) is 2.87. The van der Waals surface area contributed by atoms with E-state index in [1.54, 1.807) is 11.8 Å². The number of aliphatic carboxylic acids is 1. The van der Waals surface area contributed by atoms with Crippen molar-refractivity contribution in [3.05, 3.63) is 0 Å². The summed E-state index contributed by atoms with van der Waals surface area (Å²) in [4.78, 5) is 27.8. The number of carbonyl (C=O) groups excluding carboxylic acids is 1. The molecule has 2 unspecified atom stereocenters. The Bertz CT molecular complexity index is 397. The van der Waals surface area contributed by atoms with E-state index in [1.807, 2.05) is 4.90 Å². The topological polar surface area (TPSA) is 60.9 Å². The second-order valence-corrected chi connectivity index (χ2v) is 6.82. The van der Waals surface area contributed by atoms with Crippen molar-refractivity contribution in [3.63, 3.8) is 0 Å². The van der Waals surface area contributed by atoms with Crippen LogP contribution in [0.25, 0.3) is 0 Å². The fourth-order valence-electron chi connectivity index (χ4n) is 3.48. The molecule has 5 nitrogen and oxygen atoms in total. The van der Waals surface area contributed by atoms with E-state index in [-0.39, 0.29) is 6.03 Å². The van der Waals surface area contributed by atoms with Gasteiger partial charge in [-0.1, -0.05) is 13.8 Å². The molecule has 2 fully saturated rings. The van der Waals surface area contributed by atoms with Crippen LogP contribution in [0.5, 0.6) is 0 Å². The number of carbonyl (C=O) groups is 2. The van der Waals surface area contributed by atoms with Gasteiger partial charge in [-0.3, -0.25) is 4.79 Å². The van der Waals surface area contributed by atoms with Crippen LogP contribution in [-0.2, 0) is 4.79 Å². The first kappa shape index (κ1) is 15.1. The van der Waals surface area contributed by atoms with E-state index in [9.17, 15) is 14.7 Å². The van der Waals surface area contributed by atoms with Crippen LogP contribution in [0.1, 0.15) is 46.5 Å². The predicted molar refractivity (Wildman–Crippen MR) is 76.5 cm³/mol. The van der Waals surface area contributed by atoms with Crippen molar-refractivity contribution in [3.8, 4) is 0 Å². The van der Waals surface area contributed by atoms with E-state index < -0.39 is 11.4 Å². The van der Waals surface area contributed by atoms with E-state index in [4.69, 9.17) is 0 Å². The second-order valence-electron chi connectivity index (χ2n) is 6.82. The number of carboxylic acid groups (broad SMARTS) is 1. The lowest BCUT2D eigenvalue weighted by atomic mass is 9.82. The molecule has 0 radical (unpaired) electrons. The SMILES string of the molecule is CC(C)C1CCCN1C(=O)N1CCCC(C)(C(=O)O)C1. The van der Waals surface area contributed by atoms with Gasteiger partial charge in [-0.2, -0.15) is 0 Å². The Morgan fingerprint density at radius 1 is 1.25 bits per heavy atom. The van der Waals surface area contributed by atoms with Gasteiger partial charge in [0.1, 0.15) is 0 Å². The summed E-state index contributed by atoms with van der Waals surface area (Å²) in [6, 6.07) is 0.342. The highest BCUT2D eigenvalue weighted by atomic mass is 16.4. The van der Waals surface area contributed by atoms with Crippen molar-refractivity contribution in [1.82, 2.24) is 9.80 Å². The summed E-state index contributed by atoms with van der Waals surface area (Å²) in [5, 5.41) is 9.35. The Morgan fingerprint density at radius 3 is 2.55 bits per heavy atom. The zero-order valence-electron chi connectivity index (χ0n) is 12.8. The fourth-order valence-corrected chi connectivity index (χ4v) is 3.48. The van der Waals surface area contributed by atoms with Crippen LogP contribution >= 0.6 is 0 Å². The van der Waals surface area contributed by atoms with Gasteiger partial charge in [0, 0.05) is 25.7 Å². The van der Waals surface area contributed by atoms with E-state index in [1.165, 1.54) is 0 Å². The summed E-state index contributed by atoms with van der Waals surface area (Å²) in [5.74, 6) is -0.339. The molecule has 0 saturated carbocycles. The molecular weight excluding hydrogens is 256 g/mol. The van der Waals surface area contributed by atoms with Crippen LogP contribution in [-0.4, -0.2) is 52.6 Å². The molecule has 0 aromatic carbocycles. The molecule has 114 valence electrons. The Balaban J connectivity index is 2.07. The molecule has 0 bridgehead atoms. The molecule has 0 aromatic rings. The van der Waals surface area contributed by atoms with Gasteiger partial charge >= 0.3 is 12.0 Å². The number of rotatable bonds is 2. The van der Waals surface area contributed by atoms with Gasteiger partial charge < -0.3 is 14.9 Å². The van der Waals surface area contributed by atoms with Gasteiger partial charge in [0.05, 0.1) is 5.41 Å². The molecular formula is C15H26N2O3. The highest BCUT2D eigenvalue weighted by Crippen LogP contribution is 2.32. The number of amides is 2. The summed E-state index contributed by atoms with van der Waals surface area (Å²) in [6.45, 7) is 7.87. The number of carboxylic acids is 1. The zero-order valence-corrected chi connectivity index (χ0v) is 12.8. The smallest absolute Gasteiger partial charge is 0.320 e. The van der Waals surface area contributed by atoms with Crippen molar-refractivity contribution in [1.29, 1.82) is 0 Å². The molecule has 2 aliphatic heterocycles. The predicted octanol–water partition coefficient (Wildman–Crippen LogP) is 2.41. The second kappa shape index (κ2) is 5.62. The monoisotopic (exact) mass is 282 g/mol. The lowest BCUT2D eigenvalue weighted by molar-refractivity contribution is -0.150. The van der Waals surface area contributed by atoms with Gasteiger partial charge in [-0.05, 0) is 38.5 Å². The Labute approximate surface area is 120 Å². The van der Waals surface area contributed by atoms with Gasteiger partial charge in [0.25, 0.3) is 0 Å². The van der Waals surface area contributed by atoms with E-state index in [2.05, 4.69) is 13.8 Å². The standard InChI is InChI=1S/C15H26N2O3/c1-11(2)12-6-4-9-17(12)14(20)16-8-5-7-15(3,10-16)13(18)19/h11-12H,4-10H2,1-3H3,(H,18,19). The highest BCUT2D eigenvalue weighted by Gasteiger charge is 2.42. The minimum atomic E-state index is -0.795. The minimum Gasteiger partial charge on any atom is -0.481 e. The number of piperidine rings is 1. The van der Waals surface area contributed by atoms with Crippen molar-refractivity contribution in [2.75, 3.05) is 19.6 Å². The molecule has 2 amide bonds. The summed E-state index contributed by atoms with van der Waals surface area (Å²) in [7, 11) is 0. The van der Waals surface area contributed by atoms with E-state index >= 15 is 0 Å². The number of likely N-dealkylation sites (tertiary alicyclic amines) is 2. The third kappa shape index (κ3) is 2.76. The van der Waals surface area contributed by atoms with Gasteiger partial charge in [-0.15, -0.1) is 0 Å². The molecule has 0 aliphatic carbocycles. The maximum absolute atomic E-state index is 12.7. The molecule has 2 saturated heterocycles. The molecule has 1 N–H and O–H groups in total. The van der Waals surface area contributed by atoms with Gasteiger partial charge in [0.15, 0.2) is 0 Å². The van der Waals surface area contributed by atoms with Crippen molar-refractivity contribution in [2.24, 2.45) is 11.3 Å². The Morgan fingerprint density at radius 2 is 1.95 bits per heavy atom. The molecule has 2 rings (SSSR count). The summed E-state index contributed by atoms with van der Waals surface area (Å²) in [5.41, 5.74) is -0.791. The fraction of sp³-hybridized carbons (Fsp3) is 0.867. The van der Waals surface area contributed by atoms with Crippen LogP contribution in [0, 0.1) is 11.3 Å². The summed E-state index contributed by atoms with van der Waals surface area (Å²) < 4.78 is 0. The van der Waals surface area contributed by atoms with E-state index in [0.29, 0.717) is 31.5 Å². The largest absolute Gasteiger partial charge is 0.481 e. The zero-order chi connectivity index (χ0) is 14.9. The highest BCUT2D eigenvalue weighted by molar-refractivity contribution is 5.79. The molecule has 2 heterocycles. The third-order valence-corrected chi connectivity index (χ3v) is 4.80. The van der Waals surface area contributed by atoms with Crippen molar-refractivity contribution >= 4 is 12.0 Å². The Kier molecular flexibility index (Phi) is 4.25. The van der Waals surface area contributed by atoms with E-state index in [0.717, 1.165) is 25.8 Å². The van der Waals surface area contributed by atoms with Crippen LogP contribution in [0.2, 0.25) is 0 Å². The molecule has 2 aliphatic rings. The quantitative estimate of drug-likeness (QED) is 0.846. The number of hydrogen-bond donors (Lipinski definition) is 1. The first-order valence-electron chi connectivity index (χ1n) is 7.64. The van der Waals surface area contributed by atoms with Gasteiger partial charge in [-0.25, -0.2) is 4.79 Å². The first-order chi connectivity index (χ1) is 9.35. The minimum absolute atomic E-state index is 0.0355. The number of urea groups is 1. The van der Waals surface area contributed by atoms with Crippen LogP contribution in [0.15, 0.2) is 0 Å². The molecule has 2 atom stereocenters. The van der Waals surface area contributed by atoms with Crippen molar-refractivity contribution < 1.29 is 14.7 Å². The lowest BCUT2D eigenvalue weighted by Crippen LogP contribution is -2.54. The maximum Gasteiger partial charge on any atom is 0.320 e. The molecule has 0 aromatic heterocycles. The molecule has 5 heteroatoms. The average molecular weight is 282 g/mol. The molecule has 20 heavy (non-hydrogen) atoms. The van der Waals surface area contributed by atoms with Crippen LogP contribution < -0.4 is 0 Å². The van der Waals surface area contributed by atoms with Gasteiger partial charge in [0.2, 0.25) is 0 Å². The first-order valence-corrected chi connectivity index (χ1v) is 7.64.